The number of carbonyl (C=O) groups is 3. The number of aromatic nitrogens is 2. The molecule has 12 nitrogen and oxygen atoms in total. The monoisotopic (exact) mass is 888 g/mol. The van der Waals surface area contributed by atoms with Crippen molar-refractivity contribution in [1.29, 1.82) is 0 Å². The van der Waals surface area contributed by atoms with Crippen LogP contribution >= 0.6 is 11.6 Å². The summed E-state index contributed by atoms with van der Waals surface area (Å²) in [5, 5.41) is 3.02. The number of hydrogen-bond acceptors (Lipinski definition) is 8. The zero-order chi connectivity index (χ0) is 45.1. The van der Waals surface area contributed by atoms with Gasteiger partial charge in [-0.05, 0) is 161 Å². The maximum absolute atomic E-state index is 14.0. The molecule has 338 valence electrons. The van der Waals surface area contributed by atoms with Gasteiger partial charge in [0.1, 0.15) is 6.04 Å². The van der Waals surface area contributed by atoms with Crippen LogP contribution in [0, 0.1) is 5.92 Å². The van der Waals surface area contributed by atoms with Crippen LogP contribution in [0.25, 0.3) is 11.0 Å². The summed E-state index contributed by atoms with van der Waals surface area (Å²) in [5.74, 6) is 1.22. The number of ether oxygens (including phenoxy) is 2. The Kier molecular flexibility index (Phi) is 13.8. The van der Waals surface area contributed by atoms with Crippen molar-refractivity contribution in [2.45, 2.75) is 96.2 Å². The fourth-order valence-corrected chi connectivity index (χ4v) is 10.0. The van der Waals surface area contributed by atoms with Crippen molar-refractivity contribution < 1.29 is 23.9 Å². The van der Waals surface area contributed by atoms with Gasteiger partial charge in [0, 0.05) is 43.5 Å². The number of benzene rings is 4. The minimum atomic E-state index is -0.668. The van der Waals surface area contributed by atoms with Gasteiger partial charge in [0.15, 0.2) is 11.5 Å². The van der Waals surface area contributed by atoms with Crippen molar-refractivity contribution >= 4 is 51.7 Å². The Labute approximate surface area is 381 Å². The van der Waals surface area contributed by atoms with Gasteiger partial charge >= 0.3 is 5.69 Å². The van der Waals surface area contributed by atoms with E-state index in [1.54, 1.807) is 18.7 Å². The molecule has 64 heavy (non-hydrogen) atoms. The number of nitrogens with zero attached hydrogens (tertiary/aromatic N) is 5. The van der Waals surface area contributed by atoms with Gasteiger partial charge in [0.2, 0.25) is 17.7 Å². The highest BCUT2D eigenvalue weighted by Gasteiger charge is 2.36. The van der Waals surface area contributed by atoms with Crippen LogP contribution in [0.4, 0.5) is 11.4 Å². The van der Waals surface area contributed by atoms with Crippen LogP contribution in [0.2, 0.25) is 5.02 Å². The van der Waals surface area contributed by atoms with E-state index in [2.05, 4.69) is 58.6 Å². The predicted octanol–water partition coefficient (Wildman–Crippen LogP) is 8.40. The summed E-state index contributed by atoms with van der Waals surface area (Å²) in [6.45, 7) is 8.34. The fraction of sp³-hybridized carbons (Fsp3) is 0.451. The number of fused-ring (bicyclic) bond motifs is 2. The van der Waals surface area contributed by atoms with Crippen molar-refractivity contribution in [3.8, 4) is 11.5 Å². The van der Waals surface area contributed by atoms with E-state index in [4.69, 9.17) is 21.1 Å². The number of anilines is 2. The van der Waals surface area contributed by atoms with Crippen molar-refractivity contribution in [3.63, 3.8) is 0 Å². The number of rotatable bonds is 16. The molecule has 1 N–H and O–H groups in total. The highest BCUT2D eigenvalue weighted by molar-refractivity contribution is 6.30. The lowest BCUT2D eigenvalue weighted by atomic mass is 9.86. The van der Waals surface area contributed by atoms with E-state index in [0.29, 0.717) is 28.9 Å². The molecular formula is C51H61ClN6O6. The molecule has 0 aliphatic carbocycles. The Morgan fingerprint density at radius 2 is 1.58 bits per heavy atom. The summed E-state index contributed by atoms with van der Waals surface area (Å²) >= 11 is 6.33. The highest BCUT2D eigenvalue weighted by Crippen LogP contribution is 2.44. The largest absolute Gasteiger partial charge is 0.493 e. The minimum absolute atomic E-state index is 0.0190. The molecule has 2 unspecified atom stereocenters. The van der Waals surface area contributed by atoms with E-state index in [1.165, 1.54) is 35.8 Å². The SMILES string of the molecule is COc1cc2c(cc1OC(C)C)C(c1ccc(Cl)cc1)N(c1ccc(N(C)CC3CCN(CCCCCCc4ccc5c(c4)n(C)c(=O)n5C4CCC(=O)NC4=O)CC3)cc1)C(=O)C2. The van der Waals surface area contributed by atoms with Crippen molar-refractivity contribution in [1.82, 2.24) is 19.4 Å². The topological polar surface area (TPSA) is 118 Å². The number of imide groups is 1. The highest BCUT2D eigenvalue weighted by atomic mass is 35.5. The molecule has 2 saturated heterocycles. The maximum atomic E-state index is 14.0. The molecule has 13 heteroatoms. The summed E-state index contributed by atoms with van der Waals surface area (Å²) < 4.78 is 15.0. The van der Waals surface area contributed by atoms with E-state index < -0.39 is 11.9 Å². The number of unbranched alkanes of at least 4 members (excludes halogenated alkanes) is 3. The second kappa shape index (κ2) is 19.7. The smallest absolute Gasteiger partial charge is 0.329 e. The lowest BCUT2D eigenvalue weighted by molar-refractivity contribution is -0.135. The molecule has 5 aromatic rings. The molecule has 3 amide bonds. The second-order valence-corrected chi connectivity index (χ2v) is 18.5. The average molecular weight is 890 g/mol. The number of nitrogens with one attached hydrogen (secondary N) is 1. The lowest BCUT2D eigenvalue weighted by Gasteiger charge is -2.38. The summed E-state index contributed by atoms with van der Waals surface area (Å²) in [5.41, 5.74) is 7.38. The Morgan fingerprint density at radius 1 is 0.844 bits per heavy atom. The molecule has 0 radical (unpaired) electrons. The zero-order valence-electron chi connectivity index (χ0n) is 37.8. The Hall–Kier alpha value is -5.59. The van der Waals surface area contributed by atoms with Gasteiger partial charge in [0.05, 0.1) is 36.7 Å². The molecule has 0 bridgehead atoms. The van der Waals surface area contributed by atoms with Crippen LogP contribution in [0.3, 0.4) is 0 Å². The second-order valence-electron chi connectivity index (χ2n) is 18.1. The average Bonchev–Trinajstić information content (AvgIpc) is 3.52. The number of amides is 3. The Bertz CT molecular complexity index is 2540. The van der Waals surface area contributed by atoms with Gasteiger partial charge in [-0.3, -0.25) is 28.8 Å². The van der Waals surface area contributed by atoms with Crippen LogP contribution in [0.15, 0.2) is 83.7 Å². The van der Waals surface area contributed by atoms with Gasteiger partial charge in [-0.25, -0.2) is 4.79 Å². The van der Waals surface area contributed by atoms with Crippen LogP contribution < -0.4 is 30.3 Å². The molecule has 0 saturated carbocycles. The molecule has 2 atom stereocenters. The summed E-state index contributed by atoms with van der Waals surface area (Å²) in [4.78, 5) is 58.3. The third-order valence-corrected chi connectivity index (χ3v) is 13.6. The summed E-state index contributed by atoms with van der Waals surface area (Å²) in [7, 11) is 5.54. The predicted molar refractivity (Wildman–Crippen MR) is 253 cm³/mol. The van der Waals surface area contributed by atoms with E-state index in [9.17, 15) is 19.2 Å². The van der Waals surface area contributed by atoms with Gasteiger partial charge < -0.3 is 24.2 Å². The van der Waals surface area contributed by atoms with Crippen LogP contribution in [-0.4, -0.2) is 78.2 Å². The standard InChI is InChI=1S/C51H61ClN6O6/c1-33(2)64-46-31-41-37(29-45(46)63-5)30-48(60)57(49(41)36-12-14-38(52)15-13-36)40-18-16-39(17-19-40)54(3)32-35-23-26-56(27-24-35)25-9-7-6-8-10-34-11-20-42-44(28-34)55(4)51(62)58(42)43-21-22-47(59)53-50(43)61/h11-20,28-29,31,33,35,43,49H,6-10,21-27,30,32H2,1-5H3,(H,53,59,61). The molecule has 3 aliphatic heterocycles. The molecule has 3 aliphatic rings. The molecular weight excluding hydrogens is 828 g/mol. The van der Waals surface area contributed by atoms with E-state index in [-0.39, 0.29) is 42.5 Å². The first kappa shape index (κ1) is 45.0. The maximum Gasteiger partial charge on any atom is 0.329 e. The molecule has 0 spiro atoms. The first-order valence-electron chi connectivity index (χ1n) is 22.9. The third-order valence-electron chi connectivity index (χ3n) is 13.3. The number of aryl methyl sites for hydroxylation is 2. The normalized spacial score (nSPS) is 18.4. The summed E-state index contributed by atoms with van der Waals surface area (Å²) in [6.07, 6.45) is 8.68. The van der Waals surface area contributed by atoms with Gasteiger partial charge in [-0.1, -0.05) is 42.6 Å². The van der Waals surface area contributed by atoms with Crippen LogP contribution in [-0.2, 0) is 34.3 Å². The lowest BCUT2D eigenvalue weighted by Crippen LogP contribution is -2.44. The van der Waals surface area contributed by atoms with E-state index in [1.807, 2.05) is 61.2 Å². The van der Waals surface area contributed by atoms with Crippen LogP contribution in [0.5, 0.6) is 11.5 Å². The number of piperidine rings is 2. The molecule has 1 aromatic heterocycles. The van der Waals surface area contributed by atoms with Gasteiger partial charge in [0.25, 0.3) is 0 Å². The summed E-state index contributed by atoms with van der Waals surface area (Å²) in [6, 6.07) is 25.2. The molecule has 4 heterocycles. The Morgan fingerprint density at radius 3 is 2.28 bits per heavy atom. The number of hydrogen-bond donors (Lipinski definition) is 1. The Balaban J connectivity index is 0.808. The van der Waals surface area contributed by atoms with Gasteiger partial charge in [-0.15, -0.1) is 0 Å². The fourth-order valence-electron chi connectivity index (χ4n) is 9.89. The number of methoxy groups -OCH3 is 1. The molecule has 4 aromatic carbocycles. The molecule has 8 rings (SSSR count). The first-order valence-corrected chi connectivity index (χ1v) is 23.3. The first-order chi connectivity index (χ1) is 30.9. The van der Waals surface area contributed by atoms with E-state index in [0.717, 1.165) is 84.5 Å². The number of carbonyl (C=O) groups excluding carboxylic acids is 3. The number of imidazole rings is 1. The third kappa shape index (κ3) is 9.73. The number of halogens is 1. The van der Waals surface area contributed by atoms with Crippen molar-refractivity contribution in [2.75, 3.05) is 50.1 Å². The number of likely N-dealkylation sites (tertiary alicyclic amines) is 1. The van der Waals surface area contributed by atoms with Crippen molar-refractivity contribution in [3.05, 3.63) is 117 Å². The quantitative estimate of drug-likeness (QED) is 0.0776. The minimum Gasteiger partial charge on any atom is -0.493 e. The van der Waals surface area contributed by atoms with Crippen molar-refractivity contribution in [2.24, 2.45) is 13.0 Å². The van der Waals surface area contributed by atoms with E-state index >= 15 is 0 Å². The molecule has 2 fully saturated rings. The zero-order valence-corrected chi connectivity index (χ0v) is 38.5. The van der Waals surface area contributed by atoms with Crippen LogP contribution in [0.1, 0.15) is 99.6 Å². The van der Waals surface area contributed by atoms with Gasteiger partial charge in [-0.2, -0.15) is 0 Å².